The van der Waals surface area contributed by atoms with Gasteiger partial charge in [-0.25, -0.2) is 9.37 Å². The maximum absolute atomic E-state index is 13.3. The molecule has 1 heterocycles. The van der Waals surface area contributed by atoms with Gasteiger partial charge in [-0.05, 0) is 54.9 Å². The van der Waals surface area contributed by atoms with Crippen LogP contribution in [0.25, 0.3) is 0 Å². The van der Waals surface area contributed by atoms with E-state index in [1.807, 2.05) is 35.9 Å². The van der Waals surface area contributed by atoms with Gasteiger partial charge in [0.1, 0.15) is 11.6 Å². The third-order valence-corrected chi connectivity index (χ3v) is 5.00. The molecule has 1 aromatic heterocycles. The highest BCUT2D eigenvalue weighted by molar-refractivity contribution is 7.80. The van der Waals surface area contributed by atoms with Crippen molar-refractivity contribution < 1.29 is 9.13 Å². The van der Waals surface area contributed by atoms with Crippen LogP contribution in [0.1, 0.15) is 17.5 Å². The first kappa shape index (κ1) is 20.8. The van der Waals surface area contributed by atoms with Gasteiger partial charge in [0.25, 0.3) is 0 Å². The van der Waals surface area contributed by atoms with Crippen molar-refractivity contribution in [2.45, 2.75) is 26.4 Å². The monoisotopic (exact) mass is 412 g/mol. The fraction of sp³-hybridized carbons (Fsp3) is 0.273. The average molecular weight is 413 g/mol. The van der Waals surface area contributed by atoms with Crippen molar-refractivity contribution in [3.05, 3.63) is 78.1 Å². The van der Waals surface area contributed by atoms with Crippen molar-refractivity contribution in [2.24, 2.45) is 0 Å². The van der Waals surface area contributed by atoms with E-state index in [4.69, 9.17) is 17.0 Å². The molecule has 0 aliphatic heterocycles. The van der Waals surface area contributed by atoms with Crippen LogP contribution in [0.2, 0.25) is 0 Å². The van der Waals surface area contributed by atoms with E-state index in [0.29, 0.717) is 11.7 Å². The highest BCUT2D eigenvalue weighted by atomic mass is 32.1. The van der Waals surface area contributed by atoms with Gasteiger partial charge in [0.05, 0.1) is 13.4 Å². The SMILES string of the molecule is COc1cc(NC(=S)N(CCCn2ccnc2)Cc2ccc(F)cc2)ccc1C. The van der Waals surface area contributed by atoms with Crippen LogP contribution < -0.4 is 10.1 Å². The fourth-order valence-electron chi connectivity index (χ4n) is 3.03. The molecule has 0 radical (unpaired) electrons. The second-order valence-electron chi connectivity index (χ2n) is 6.82. The molecule has 3 aromatic rings. The molecule has 5 nitrogen and oxygen atoms in total. The summed E-state index contributed by atoms with van der Waals surface area (Å²) in [6.07, 6.45) is 6.42. The first-order valence-electron chi connectivity index (χ1n) is 9.46. The zero-order valence-electron chi connectivity index (χ0n) is 16.6. The minimum atomic E-state index is -0.243. The number of hydrogen-bond donors (Lipinski definition) is 1. The molecular weight excluding hydrogens is 387 g/mol. The van der Waals surface area contributed by atoms with Crippen molar-refractivity contribution in [1.29, 1.82) is 0 Å². The number of anilines is 1. The predicted octanol–water partition coefficient (Wildman–Crippen LogP) is 4.63. The van der Waals surface area contributed by atoms with Gasteiger partial charge in [-0.2, -0.15) is 0 Å². The first-order valence-corrected chi connectivity index (χ1v) is 9.87. The van der Waals surface area contributed by atoms with Gasteiger partial charge < -0.3 is 19.5 Å². The predicted molar refractivity (Wildman–Crippen MR) is 118 cm³/mol. The number of nitrogens with one attached hydrogen (secondary N) is 1. The molecule has 0 amide bonds. The summed E-state index contributed by atoms with van der Waals surface area (Å²) >= 11 is 5.69. The summed E-state index contributed by atoms with van der Waals surface area (Å²) in [5, 5.41) is 3.92. The van der Waals surface area contributed by atoms with Gasteiger partial charge >= 0.3 is 0 Å². The van der Waals surface area contributed by atoms with E-state index in [0.717, 1.165) is 42.1 Å². The lowest BCUT2D eigenvalue weighted by Gasteiger charge is -2.26. The van der Waals surface area contributed by atoms with Crippen molar-refractivity contribution in [3.8, 4) is 5.75 Å². The highest BCUT2D eigenvalue weighted by Crippen LogP contribution is 2.22. The molecule has 0 saturated heterocycles. The molecule has 7 heteroatoms. The molecule has 0 saturated carbocycles. The zero-order valence-corrected chi connectivity index (χ0v) is 17.5. The Bertz CT molecular complexity index is 928. The summed E-state index contributed by atoms with van der Waals surface area (Å²) in [5.74, 6) is 0.566. The summed E-state index contributed by atoms with van der Waals surface area (Å²) in [5.41, 5.74) is 2.93. The number of ether oxygens (including phenoxy) is 1. The molecular formula is C22H25FN4OS. The Labute approximate surface area is 176 Å². The van der Waals surface area contributed by atoms with E-state index in [1.165, 1.54) is 12.1 Å². The van der Waals surface area contributed by atoms with E-state index in [9.17, 15) is 4.39 Å². The molecule has 0 fully saturated rings. The number of aryl methyl sites for hydroxylation is 2. The Morgan fingerprint density at radius 1 is 1.24 bits per heavy atom. The Kier molecular flexibility index (Phi) is 7.19. The minimum Gasteiger partial charge on any atom is -0.496 e. The number of halogens is 1. The van der Waals surface area contributed by atoms with Gasteiger partial charge in [-0.1, -0.05) is 18.2 Å². The number of benzene rings is 2. The lowest BCUT2D eigenvalue weighted by Crippen LogP contribution is -2.35. The van der Waals surface area contributed by atoms with Crippen LogP contribution in [0.5, 0.6) is 5.75 Å². The summed E-state index contributed by atoms with van der Waals surface area (Å²) in [6, 6.07) is 12.4. The van der Waals surface area contributed by atoms with Gasteiger partial charge in [0.15, 0.2) is 5.11 Å². The molecule has 0 bridgehead atoms. The molecule has 0 aliphatic carbocycles. The lowest BCUT2D eigenvalue weighted by atomic mass is 10.2. The normalized spacial score (nSPS) is 10.6. The van der Waals surface area contributed by atoms with Crippen molar-refractivity contribution in [1.82, 2.24) is 14.5 Å². The topological polar surface area (TPSA) is 42.3 Å². The fourth-order valence-corrected chi connectivity index (χ4v) is 3.30. The molecule has 2 aromatic carbocycles. The van der Waals surface area contributed by atoms with Crippen LogP contribution in [-0.2, 0) is 13.1 Å². The zero-order chi connectivity index (χ0) is 20.6. The molecule has 0 atom stereocenters. The second kappa shape index (κ2) is 10.0. The quantitative estimate of drug-likeness (QED) is 0.547. The van der Waals surface area contributed by atoms with Crippen LogP contribution in [0, 0.1) is 12.7 Å². The third-order valence-electron chi connectivity index (χ3n) is 4.64. The van der Waals surface area contributed by atoms with Gasteiger partial charge in [-0.3, -0.25) is 0 Å². The first-order chi connectivity index (χ1) is 14.0. The van der Waals surface area contributed by atoms with Crippen molar-refractivity contribution >= 4 is 23.0 Å². The lowest BCUT2D eigenvalue weighted by molar-refractivity contribution is 0.395. The van der Waals surface area contributed by atoms with Crippen LogP contribution >= 0.6 is 12.2 Å². The van der Waals surface area contributed by atoms with E-state index >= 15 is 0 Å². The van der Waals surface area contributed by atoms with Crippen molar-refractivity contribution in [3.63, 3.8) is 0 Å². The van der Waals surface area contributed by atoms with Crippen LogP contribution in [0.4, 0.5) is 10.1 Å². The number of rotatable bonds is 8. The Hall–Kier alpha value is -2.93. The minimum absolute atomic E-state index is 0.243. The summed E-state index contributed by atoms with van der Waals surface area (Å²) in [6.45, 7) is 4.20. The van der Waals surface area contributed by atoms with Crippen LogP contribution in [0.15, 0.2) is 61.2 Å². The largest absolute Gasteiger partial charge is 0.496 e. The maximum Gasteiger partial charge on any atom is 0.173 e. The van der Waals surface area contributed by atoms with E-state index in [1.54, 1.807) is 31.8 Å². The van der Waals surface area contributed by atoms with E-state index < -0.39 is 0 Å². The number of hydrogen-bond acceptors (Lipinski definition) is 3. The van der Waals surface area contributed by atoms with Crippen molar-refractivity contribution in [2.75, 3.05) is 19.0 Å². The molecule has 0 spiro atoms. The molecule has 0 unspecified atom stereocenters. The number of nitrogens with zero attached hydrogens (tertiary/aromatic N) is 3. The summed E-state index contributed by atoms with van der Waals surface area (Å²) in [7, 11) is 1.65. The van der Waals surface area contributed by atoms with E-state index in [2.05, 4.69) is 15.2 Å². The molecule has 1 N–H and O–H groups in total. The number of methoxy groups -OCH3 is 1. The van der Waals surface area contributed by atoms with Crippen LogP contribution in [0.3, 0.4) is 0 Å². The Morgan fingerprint density at radius 3 is 2.72 bits per heavy atom. The van der Waals surface area contributed by atoms with Gasteiger partial charge in [0, 0.05) is 43.8 Å². The molecule has 3 rings (SSSR count). The number of thiocarbonyl (C=S) groups is 1. The number of imidazole rings is 1. The van der Waals surface area contributed by atoms with Gasteiger partial charge in [0.2, 0.25) is 0 Å². The summed E-state index contributed by atoms with van der Waals surface area (Å²) < 4.78 is 20.7. The standard InChI is InChI=1S/C22H25FN4OS/c1-17-4-9-20(14-21(17)28-2)25-22(29)27(12-3-11-26-13-10-24-16-26)15-18-5-7-19(23)8-6-18/h4-10,13-14,16H,3,11-12,15H2,1-2H3,(H,25,29). The number of aromatic nitrogens is 2. The van der Waals surface area contributed by atoms with Crippen LogP contribution in [-0.4, -0.2) is 33.2 Å². The Morgan fingerprint density at radius 2 is 2.03 bits per heavy atom. The molecule has 0 aliphatic rings. The van der Waals surface area contributed by atoms with E-state index in [-0.39, 0.29) is 5.82 Å². The average Bonchev–Trinajstić information content (AvgIpc) is 3.23. The Balaban J connectivity index is 1.69. The molecule has 152 valence electrons. The molecule has 29 heavy (non-hydrogen) atoms. The third kappa shape index (κ3) is 6.02. The second-order valence-corrected chi connectivity index (χ2v) is 7.20. The highest BCUT2D eigenvalue weighted by Gasteiger charge is 2.12. The maximum atomic E-state index is 13.3. The smallest absolute Gasteiger partial charge is 0.173 e. The summed E-state index contributed by atoms with van der Waals surface area (Å²) in [4.78, 5) is 6.16. The van der Waals surface area contributed by atoms with Gasteiger partial charge in [-0.15, -0.1) is 0 Å².